The number of hydrogen-bond donors (Lipinski definition) is 1. The van der Waals surface area contributed by atoms with Gasteiger partial charge in [-0.3, -0.25) is 19.9 Å². The third-order valence-corrected chi connectivity index (χ3v) is 4.17. The Morgan fingerprint density at radius 2 is 1.84 bits per heavy atom. The summed E-state index contributed by atoms with van der Waals surface area (Å²) in [5, 5.41) is 17.7. The molecule has 4 aromatic rings. The molecule has 1 amide bonds. The minimum Gasteiger partial charge on any atom is -0.477 e. The van der Waals surface area contributed by atoms with E-state index in [-0.39, 0.29) is 17.3 Å². The molecule has 154 valence electrons. The highest BCUT2D eigenvalue weighted by Crippen LogP contribution is 2.29. The van der Waals surface area contributed by atoms with E-state index in [4.69, 9.17) is 9.26 Å². The molecule has 0 saturated carbocycles. The normalized spacial score (nSPS) is 10.5. The van der Waals surface area contributed by atoms with Crippen LogP contribution in [-0.4, -0.2) is 32.6 Å². The molecular formula is C21H15N5O5. The molecular weight excluding hydrogens is 402 g/mol. The van der Waals surface area contributed by atoms with Crippen LogP contribution >= 0.6 is 0 Å². The van der Waals surface area contributed by atoms with Gasteiger partial charge < -0.3 is 14.6 Å². The van der Waals surface area contributed by atoms with E-state index < -0.39 is 17.4 Å². The van der Waals surface area contributed by atoms with E-state index in [0.717, 1.165) is 0 Å². The average Bonchev–Trinajstić information content (AvgIpc) is 3.29. The van der Waals surface area contributed by atoms with Crippen molar-refractivity contribution in [2.45, 2.75) is 0 Å². The van der Waals surface area contributed by atoms with Gasteiger partial charge in [-0.2, -0.15) is 4.98 Å². The summed E-state index contributed by atoms with van der Waals surface area (Å²) in [5.74, 6) is 0.0236. The number of nitrogens with one attached hydrogen (secondary N) is 1. The van der Waals surface area contributed by atoms with Crippen molar-refractivity contribution in [1.29, 1.82) is 0 Å². The van der Waals surface area contributed by atoms with Gasteiger partial charge >= 0.3 is 5.69 Å². The average molecular weight is 417 g/mol. The molecule has 0 radical (unpaired) electrons. The Kier molecular flexibility index (Phi) is 5.61. The van der Waals surface area contributed by atoms with Crippen molar-refractivity contribution in [3.63, 3.8) is 0 Å². The molecule has 0 fully saturated rings. The summed E-state index contributed by atoms with van der Waals surface area (Å²) in [4.78, 5) is 31.4. The van der Waals surface area contributed by atoms with Crippen LogP contribution in [0.1, 0.15) is 0 Å². The molecule has 0 bridgehead atoms. The Bertz CT molecular complexity index is 1230. The summed E-state index contributed by atoms with van der Waals surface area (Å²) in [6, 6.07) is 18.1. The number of nitrogens with zero attached hydrogens (tertiary/aromatic N) is 4. The molecule has 0 atom stereocenters. The number of para-hydroxylation sites is 3. The quantitative estimate of drug-likeness (QED) is 0.355. The Morgan fingerprint density at radius 3 is 2.65 bits per heavy atom. The minimum atomic E-state index is -0.572. The number of hydrogen-bond acceptors (Lipinski definition) is 8. The van der Waals surface area contributed by atoms with Crippen molar-refractivity contribution >= 4 is 17.3 Å². The van der Waals surface area contributed by atoms with Crippen molar-refractivity contribution in [2.75, 3.05) is 11.9 Å². The summed E-state index contributed by atoms with van der Waals surface area (Å²) in [7, 11) is 0. The van der Waals surface area contributed by atoms with Crippen LogP contribution in [0, 0.1) is 10.1 Å². The summed E-state index contributed by atoms with van der Waals surface area (Å²) in [6.07, 6.45) is 1.62. The lowest BCUT2D eigenvalue weighted by Gasteiger charge is -2.09. The minimum absolute atomic E-state index is 0.00726. The van der Waals surface area contributed by atoms with Gasteiger partial charge in [-0.25, -0.2) is 0 Å². The number of benzene rings is 2. The van der Waals surface area contributed by atoms with Gasteiger partial charge in [0.15, 0.2) is 12.4 Å². The van der Waals surface area contributed by atoms with Crippen molar-refractivity contribution in [3.8, 4) is 28.7 Å². The Hall–Kier alpha value is -4.60. The maximum absolute atomic E-state index is 12.4. The Morgan fingerprint density at radius 1 is 1.06 bits per heavy atom. The number of nitro groups is 1. The fraction of sp³-hybridized carbons (Fsp3) is 0.0476. The zero-order chi connectivity index (χ0) is 21.6. The highest BCUT2D eigenvalue weighted by atomic mass is 16.6. The van der Waals surface area contributed by atoms with Gasteiger partial charge in [0.2, 0.25) is 5.82 Å². The predicted octanol–water partition coefficient (Wildman–Crippen LogP) is 3.72. The van der Waals surface area contributed by atoms with Crippen LogP contribution in [0.15, 0.2) is 77.4 Å². The lowest BCUT2D eigenvalue weighted by Crippen LogP contribution is -2.20. The molecule has 0 aliphatic carbocycles. The molecule has 31 heavy (non-hydrogen) atoms. The molecule has 2 aromatic carbocycles. The Labute approximate surface area is 175 Å². The van der Waals surface area contributed by atoms with Crippen molar-refractivity contribution < 1.29 is 19.0 Å². The predicted molar refractivity (Wildman–Crippen MR) is 110 cm³/mol. The molecule has 2 heterocycles. The SMILES string of the molecule is O=C(COc1ccccc1[N+](=O)[O-])Nc1ccccc1-c1nc(-c2ccccn2)no1. The molecule has 0 aliphatic rings. The third-order valence-electron chi connectivity index (χ3n) is 4.17. The van der Waals surface area contributed by atoms with Gasteiger partial charge in [0, 0.05) is 12.3 Å². The van der Waals surface area contributed by atoms with Gasteiger partial charge in [0.25, 0.3) is 11.8 Å². The summed E-state index contributed by atoms with van der Waals surface area (Å²) < 4.78 is 10.7. The topological polar surface area (TPSA) is 133 Å². The number of carbonyl (C=O) groups is 1. The van der Waals surface area contributed by atoms with Crippen LogP contribution in [0.5, 0.6) is 5.75 Å². The van der Waals surface area contributed by atoms with Crippen LogP contribution in [-0.2, 0) is 4.79 Å². The van der Waals surface area contributed by atoms with Crippen molar-refractivity contribution in [3.05, 3.63) is 83.0 Å². The monoisotopic (exact) mass is 417 g/mol. The third kappa shape index (κ3) is 4.53. The smallest absolute Gasteiger partial charge is 0.310 e. The lowest BCUT2D eigenvalue weighted by atomic mass is 10.1. The second kappa shape index (κ2) is 8.82. The number of nitro benzene ring substituents is 1. The Balaban J connectivity index is 1.49. The van der Waals surface area contributed by atoms with E-state index in [0.29, 0.717) is 22.8 Å². The largest absolute Gasteiger partial charge is 0.477 e. The van der Waals surface area contributed by atoms with Crippen LogP contribution in [0.2, 0.25) is 0 Å². The number of carbonyl (C=O) groups excluding carboxylic acids is 1. The molecule has 1 N–H and O–H groups in total. The van der Waals surface area contributed by atoms with Gasteiger partial charge in [0.1, 0.15) is 5.69 Å². The number of amides is 1. The fourth-order valence-corrected chi connectivity index (χ4v) is 2.77. The molecule has 2 aromatic heterocycles. The number of pyridine rings is 1. The summed E-state index contributed by atoms with van der Waals surface area (Å²) in [5.41, 5.74) is 1.27. The van der Waals surface area contributed by atoms with E-state index in [2.05, 4.69) is 20.4 Å². The van der Waals surface area contributed by atoms with Crippen LogP contribution in [0.25, 0.3) is 23.0 Å². The molecule has 0 aliphatic heterocycles. The molecule has 0 unspecified atom stereocenters. The van der Waals surface area contributed by atoms with E-state index in [9.17, 15) is 14.9 Å². The van der Waals surface area contributed by atoms with Gasteiger partial charge in [-0.05, 0) is 30.3 Å². The number of rotatable bonds is 7. The first kappa shape index (κ1) is 19.7. The van der Waals surface area contributed by atoms with Gasteiger partial charge in [-0.1, -0.05) is 35.5 Å². The summed E-state index contributed by atoms with van der Waals surface area (Å²) >= 11 is 0. The first-order valence-corrected chi connectivity index (χ1v) is 9.12. The standard InChI is InChI=1S/C21H15N5O5/c27-19(13-30-18-11-4-3-10-17(18)26(28)29)23-15-8-2-1-7-14(15)21-24-20(25-31-21)16-9-5-6-12-22-16/h1-12H,13H2,(H,23,27). The highest BCUT2D eigenvalue weighted by molar-refractivity contribution is 5.95. The maximum Gasteiger partial charge on any atom is 0.310 e. The maximum atomic E-state index is 12.4. The van der Waals surface area contributed by atoms with E-state index in [1.54, 1.807) is 48.7 Å². The van der Waals surface area contributed by atoms with Crippen LogP contribution in [0.4, 0.5) is 11.4 Å². The first-order chi connectivity index (χ1) is 15.1. The van der Waals surface area contributed by atoms with Crippen LogP contribution < -0.4 is 10.1 Å². The van der Waals surface area contributed by atoms with Crippen molar-refractivity contribution in [1.82, 2.24) is 15.1 Å². The first-order valence-electron chi connectivity index (χ1n) is 9.12. The van der Waals surface area contributed by atoms with Gasteiger partial charge in [0.05, 0.1) is 16.2 Å². The van der Waals surface area contributed by atoms with Crippen LogP contribution in [0.3, 0.4) is 0 Å². The zero-order valence-electron chi connectivity index (χ0n) is 16.0. The second-order valence-corrected chi connectivity index (χ2v) is 6.25. The second-order valence-electron chi connectivity index (χ2n) is 6.25. The molecule has 10 heteroatoms. The van der Waals surface area contributed by atoms with Crippen molar-refractivity contribution in [2.24, 2.45) is 0 Å². The van der Waals surface area contributed by atoms with Gasteiger partial charge in [-0.15, -0.1) is 0 Å². The molecule has 4 rings (SSSR count). The fourth-order valence-electron chi connectivity index (χ4n) is 2.77. The lowest BCUT2D eigenvalue weighted by molar-refractivity contribution is -0.385. The van der Waals surface area contributed by atoms with E-state index in [1.165, 1.54) is 18.2 Å². The zero-order valence-corrected chi connectivity index (χ0v) is 16.0. The summed E-state index contributed by atoms with van der Waals surface area (Å²) in [6.45, 7) is -0.414. The van der Waals surface area contributed by atoms with E-state index in [1.807, 2.05) is 6.07 Å². The highest BCUT2D eigenvalue weighted by Gasteiger charge is 2.18. The number of aromatic nitrogens is 3. The number of ether oxygens (including phenoxy) is 1. The van der Waals surface area contributed by atoms with E-state index >= 15 is 0 Å². The number of anilines is 1. The molecule has 0 saturated heterocycles. The molecule has 0 spiro atoms. The molecule has 10 nitrogen and oxygen atoms in total.